The summed E-state index contributed by atoms with van der Waals surface area (Å²) in [7, 11) is -3.26. The summed E-state index contributed by atoms with van der Waals surface area (Å²) < 4.78 is 30.3. The van der Waals surface area contributed by atoms with Crippen molar-refractivity contribution in [2.24, 2.45) is 0 Å². The molecule has 0 radical (unpaired) electrons. The molecule has 0 bridgehead atoms. The fraction of sp³-hybridized carbons (Fsp3) is 0.500. The molecule has 1 atom stereocenters. The van der Waals surface area contributed by atoms with Crippen molar-refractivity contribution in [2.75, 3.05) is 25.2 Å². The molecule has 0 aliphatic carbocycles. The van der Waals surface area contributed by atoms with Crippen molar-refractivity contribution in [1.82, 2.24) is 14.7 Å². The maximum atomic E-state index is 11.4. The Labute approximate surface area is 154 Å². The first-order valence-corrected chi connectivity index (χ1v) is 10.8. The molecule has 2 heterocycles. The summed E-state index contributed by atoms with van der Waals surface area (Å²) >= 11 is 0. The number of para-hydroxylation sites is 1. The number of hydrogen-bond donors (Lipinski definition) is 1. The zero-order chi connectivity index (χ0) is 18.7. The third kappa shape index (κ3) is 4.63. The Bertz CT molecular complexity index is 863. The fourth-order valence-electron chi connectivity index (χ4n) is 3.18. The summed E-state index contributed by atoms with van der Waals surface area (Å²) in [4.78, 5) is 2.29. The van der Waals surface area contributed by atoms with Crippen LogP contribution in [0.15, 0.2) is 30.3 Å². The van der Waals surface area contributed by atoms with Gasteiger partial charge in [-0.15, -0.1) is 0 Å². The second-order valence-corrected chi connectivity index (χ2v) is 8.83. The van der Waals surface area contributed by atoms with Crippen LogP contribution in [0.5, 0.6) is 5.75 Å². The number of aromatic nitrogens is 2. The number of aliphatic hydroxyl groups excluding tert-OH is 1. The van der Waals surface area contributed by atoms with Crippen molar-refractivity contribution in [3.8, 4) is 5.75 Å². The zero-order valence-electron chi connectivity index (χ0n) is 15.1. The lowest BCUT2D eigenvalue weighted by Gasteiger charge is -2.28. The Morgan fingerprint density at radius 2 is 2.08 bits per heavy atom. The molecule has 7 nitrogen and oxygen atoms in total. The molecule has 1 aliphatic heterocycles. The van der Waals surface area contributed by atoms with Gasteiger partial charge >= 0.3 is 0 Å². The first kappa shape index (κ1) is 18.9. The van der Waals surface area contributed by atoms with Crippen LogP contribution in [-0.2, 0) is 29.5 Å². The predicted molar refractivity (Wildman–Crippen MR) is 98.6 cm³/mol. The summed E-state index contributed by atoms with van der Waals surface area (Å²) in [5.41, 5.74) is 2.54. The molecule has 8 heteroatoms. The standard InChI is InChI=1S/C18H25N3O4S/c1-3-25-18-7-5-4-6-14(18)11-20-8-9-21-15(12-20)10-16(19-21)17(22)13-26(2,23)24/h4-7,10,17,22H,3,8-9,11-13H2,1-2H3/t17-/m1/s1. The molecule has 26 heavy (non-hydrogen) atoms. The molecular formula is C18H25N3O4S. The molecule has 2 aromatic rings. The average Bonchev–Trinajstić information content (AvgIpc) is 2.99. The van der Waals surface area contributed by atoms with Crippen LogP contribution in [0, 0.1) is 0 Å². The number of ether oxygens (including phenoxy) is 1. The number of rotatable bonds is 7. The molecule has 0 saturated heterocycles. The Morgan fingerprint density at radius 3 is 2.81 bits per heavy atom. The van der Waals surface area contributed by atoms with Crippen molar-refractivity contribution in [3.05, 3.63) is 47.3 Å². The molecule has 0 spiro atoms. The van der Waals surface area contributed by atoms with E-state index in [0.717, 1.165) is 36.4 Å². The van der Waals surface area contributed by atoms with Gasteiger partial charge in [-0.25, -0.2) is 8.42 Å². The van der Waals surface area contributed by atoms with E-state index in [4.69, 9.17) is 4.74 Å². The number of hydrogen-bond acceptors (Lipinski definition) is 6. The number of benzene rings is 1. The summed E-state index contributed by atoms with van der Waals surface area (Å²) in [5, 5.41) is 14.5. The Balaban J connectivity index is 1.70. The van der Waals surface area contributed by atoms with Gasteiger partial charge in [0.05, 0.1) is 30.3 Å². The van der Waals surface area contributed by atoms with Crippen LogP contribution in [0.4, 0.5) is 0 Å². The maximum absolute atomic E-state index is 11.4. The number of aliphatic hydroxyl groups is 1. The van der Waals surface area contributed by atoms with E-state index in [2.05, 4.69) is 16.1 Å². The highest BCUT2D eigenvalue weighted by atomic mass is 32.2. The van der Waals surface area contributed by atoms with Crippen LogP contribution in [0.3, 0.4) is 0 Å². The van der Waals surface area contributed by atoms with E-state index in [9.17, 15) is 13.5 Å². The molecule has 0 saturated carbocycles. The SMILES string of the molecule is CCOc1ccccc1CN1CCn2nc([C@H](O)CS(C)(=O)=O)cc2C1. The third-order valence-electron chi connectivity index (χ3n) is 4.36. The lowest BCUT2D eigenvalue weighted by Crippen LogP contribution is -2.33. The van der Waals surface area contributed by atoms with Crippen molar-refractivity contribution < 1.29 is 18.3 Å². The molecule has 1 N–H and O–H groups in total. The minimum absolute atomic E-state index is 0.311. The van der Waals surface area contributed by atoms with Crippen LogP contribution in [0.25, 0.3) is 0 Å². The van der Waals surface area contributed by atoms with Gasteiger partial charge in [-0.05, 0) is 19.1 Å². The normalized spacial score (nSPS) is 16.3. The highest BCUT2D eigenvalue weighted by Crippen LogP contribution is 2.24. The van der Waals surface area contributed by atoms with Crippen LogP contribution in [-0.4, -0.2) is 53.4 Å². The van der Waals surface area contributed by atoms with E-state index >= 15 is 0 Å². The molecular weight excluding hydrogens is 354 g/mol. The minimum Gasteiger partial charge on any atom is -0.494 e. The Morgan fingerprint density at radius 1 is 1.31 bits per heavy atom. The third-order valence-corrected chi connectivity index (χ3v) is 5.29. The number of nitrogens with zero attached hydrogens (tertiary/aromatic N) is 3. The van der Waals surface area contributed by atoms with Gasteiger partial charge in [0.25, 0.3) is 0 Å². The van der Waals surface area contributed by atoms with E-state index in [0.29, 0.717) is 25.4 Å². The van der Waals surface area contributed by atoms with Gasteiger partial charge in [-0.2, -0.15) is 5.10 Å². The molecule has 142 valence electrons. The van der Waals surface area contributed by atoms with Gasteiger partial charge in [-0.1, -0.05) is 18.2 Å². The summed E-state index contributed by atoms with van der Waals surface area (Å²) in [6.45, 7) is 5.60. The first-order valence-electron chi connectivity index (χ1n) is 8.71. The van der Waals surface area contributed by atoms with Crippen molar-refractivity contribution in [3.63, 3.8) is 0 Å². The molecule has 1 aromatic heterocycles. The molecule has 1 aromatic carbocycles. The summed E-state index contributed by atoms with van der Waals surface area (Å²) in [6.07, 6.45) is 0.0271. The first-order chi connectivity index (χ1) is 12.4. The smallest absolute Gasteiger partial charge is 0.150 e. The van der Waals surface area contributed by atoms with E-state index < -0.39 is 15.9 Å². The maximum Gasteiger partial charge on any atom is 0.150 e. The fourth-order valence-corrected chi connectivity index (χ4v) is 3.93. The average molecular weight is 379 g/mol. The Kier molecular flexibility index (Phi) is 5.64. The molecule has 0 fully saturated rings. The van der Waals surface area contributed by atoms with Crippen LogP contribution >= 0.6 is 0 Å². The van der Waals surface area contributed by atoms with Crippen molar-refractivity contribution >= 4 is 9.84 Å². The van der Waals surface area contributed by atoms with Crippen LogP contribution in [0.1, 0.15) is 30.0 Å². The van der Waals surface area contributed by atoms with E-state index in [1.165, 1.54) is 0 Å². The van der Waals surface area contributed by atoms with E-state index in [1.807, 2.05) is 29.8 Å². The molecule has 1 aliphatic rings. The van der Waals surface area contributed by atoms with Crippen LogP contribution < -0.4 is 4.74 Å². The van der Waals surface area contributed by atoms with Gasteiger partial charge in [-0.3, -0.25) is 9.58 Å². The second kappa shape index (κ2) is 7.77. The number of fused-ring (bicyclic) bond motifs is 1. The second-order valence-electron chi connectivity index (χ2n) is 6.64. The van der Waals surface area contributed by atoms with Gasteiger partial charge in [0.1, 0.15) is 21.7 Å². The van der Waals surface area contributed by atoms with Crippen molar-refractivity contribution in [2.45, 2.75) is 32.7 Å². The largest absolute Gasteiger partial charge is 0.494 e. The van der Waals surface area contributed by atoms with Gasteiger partial charge in [0.2, 0.25) is 0 Å². The Hall–Kier alpha value is -1.90. The minimum atomic E-state index is -3.26. The van der Waals surface area contributed by atoms with E-state index in [1.54, 1.807) is 6.07 Å². The molecule has 3 rings (SSSR count). The predicted octanol–water partition coefficient (Wildman–Crippen LogP) is 1.38. The highest BCUT2D eigenvalue weighted by molar-refractivity contribution is 7.90. The van der Waals surface area contributed by atoms with Gasteiger partial charge in [0.15, 0.2) is 0 Å². The van der Waals surface area contributed by atoms with Crippen LogP contribution in [0.2, 0.25) is 0 Å². The quantitative estimate of drug-likeness (QED) is 0.782. The lowest BCUT2D eigenvalue weighted by atomic mass is 10.1. The molecule has 0 amide bonds. The van der Waals surface area contributed by atoms with Gasteiger partial charge < -0.3 is 9.84 Å². The summed E-state index contributed by atoms with van der Waals surface area (Å²) in [6, 6.07) is 9.82. The lowest BCUT2D eigenvalue weighted by molar-refractivity contribution is 0.190. The highest BCUT2D eigenvalue weighted by Gasteiger charge is 2.23. The molecule has 0 unspecified atom stereocenters. The topological polar surface area (TPSA) is 84.7 Å². The zero-order valence-corrected chi connectivity index (χ0v) is 15.9. The van der Waals surface area contributed by atoms with Gasteiger partial charge in [0, 0.05) is 31.5 Å². The van der Waals surface area contributed by atoms with Crippen molar-refractivity contribution in [1.29, 1.82) is 0 Å². The number of sulfone groups is 1. The van der Waals surface area contributed by atoms with E-state index in [-0.39, 0.29) is 5.75 Å². The monoisotopic (exact) mass is 379 g/mol. The summed E-state index contributed by atoms with van der Waals surface area (Å²) in [5.74, 6) is 0.591.